The monoisotopic (exact) mass is 349 g/mol. The van der Waals surface area contributed by atoms with Crippen LogP contribution in [0.5, 0.6) is 0 Å². The molecule has 9 heteroatoms. The fourth-order valence-corrected chi connectivity index (χ4v) is 3.19. The van der Waals surface area contributed by atoms with Gasteiger partial charge >= 0.3 is 5.97 Å². The van der Waals surface area contributed by atoms with E-state index in [0.29, 0.717) is 5.69 Å². The highest BCUT2D eigenvalue weighted by Gasteiger charge is 2.15. The van der Waals surface area contributed by atoms with Crippen molar-refractivity contribution in [3.05, 3.63) is 39.7 Å². The van der Waals surface area contributed by atoms with E-state index < -0.39 is 18.5 Å². The maximum atomic E-state index is 11.9. The topological polar surface area (TPSA) is 94.3 Å². The lowest BCUT2D eigenvalue weighted by Gasteiger charge is -2.02. The first kappa shape index (κ1) is 15.4. The Morgan fingerprint density at radius 3 is 2.96 bits per heavy atom. The summed E-state index contributed by atoms with van der Waals surface area (Å²) in [6.07, 6.45) is 0. The predicted molar refractivity (Wildman–Crippen MR) is 85.6 cm³/mol. The van der Waals surface area contributed by atoms with E-state index in [1.54, 1.807) is 29.7 Å². The first-order valence-electron chi connectivity index (χ1n) is 6.50. The molecule has 3 aromatic heterocycles. The standard InChI is InChI=1S/C14H11N3O4S2/c1-8-4-12(21-17-8)16-11(18)5-20-14(19)10-7-23-13(15-10)9-2-3-22-6-9/h2-4,6-7H,5H2,1H3,(H,16,18). The Balaban J connectivity index is 1.54. The van der Waals surface area contributed by atoms with Crippen LogP contribution >= 0.6 is 22.7 Å². The van der Waals surface area contributed by atoms with E-state index in [2.05, 4.69) is 15.5 Å². The Kier molecular flexibility index (Phi) is 4.49. The van der Waals surface area contributed by atoms with Crippen LogP contribution in [0.4, 0.5) is 5.88 Å². The largest absolute Gasteiger partial charge is 0.451 e. The number of aromatic nitrogens is 2. The molecule has 3 rings (SSSR count). The number of carbonyl (C=O) groups is 2. The van der Waals surface area contributed by atoms with Gasteiger partial charge in [-0.15, -0.1) is 11.3 Å². The Morgan fingerprint density at radius 1 is 1.39 bits per heavy atom. The first-order valence-corrected chi connectivity index (χ1v) is 8.32. The Morgan fingerprint density at radius 2 is 2.26 bits per heavy atom. The summed E-state index contributed by atoms with van der Waals surface area (Å²) in [5.41, 5.74) is 1.78. The van der Waals surface area contributed by atoms with Crippen molar-refractivity contribution in [1.82, 2.24) is 10.1 Å². The number of thiophene rings is 1. The molecule has 0 aliphatic rings. The highest BCUT2D eigenvalue weighted by molar-refractivity contribution is 7.14. The molecule has 23 heavy (non-hydrogen) atoms. The normalized spacial score (nSPS) is 10.5. The molecule has 3 aromatic rings. The number of carbonyl (C=O) groups excluding carboxylic acids is 2. The SMILES string of the molecule is Cc1cc(NC(=O)COC(=O)c2csc(-c3ccsc3)n2)on1. The number of nitrogens with one attached hydrogen (secondary N) is 1. The van der Waals surface area contributed by atoms with E-state index in [4.69, 9.17) is 9.26 Å². The van der Waals surface area contributed by atoms with Crippen molar-refractivity contribution in [2.24, 2.45) is 0 Å². The van der Waals surface area contributed by atoms with Gasteiger partial charge in [0.05, 0.1) is 5.69 Å². The zero-order valence-electron chi connectivity index (χ0n) is 11.9. The average molecular weight is 349 g/mol. The Bertz CT molecular complexity index is 823. The fourth-order valence-electron chi connectivity index (χ4n) is 1.69. The van der Waals surface area contributed by atoms with Crippen molar-refractivity contribution >= 4 is 40.4 Å². The molecule has 0 saturated carbocycles. The highest BCUT2D eigenvalue weighted by Crippen LogP contribution is 2.25. The lowest BCUT2D eigenvalue weighted by molar-refractivity contribution is -0.119. The van der Waals surface area contributed by atoms with Crippen molar-refractivity contribution in [1.29, 1.82) is 0 Å². The summed E-state index contributed by atoms with van der Waals surface area (Å²) in [5.74, 6) is -0.952. The summed E-state index contributed by atoms with van der Waals surface area (Å²) >= 11 is 2.90. The van der Waals surface area contributed by atoms with Crippen LogP contribution < -0.4 is 5.32 Å². The van der Waals surface area contributed by atoms with Crippen molar-refractivity contribution in [3.8, 4) is 10.6 Å². The molecule has 118 valence electrons. The molecule has 3 heterocycles. The fraction of sp³-hybridized carbons (Fsp3) is 0.143. The van der Waals surface area contributed by atoms with Crippen LogP contribution in [-0.2, 0) is 9.53 Å². The minimum Gasteiger partial charge on any atom is -0.451 e. The molecule has 1 amide bonds. The minimum absolute atomic E-state index is 0.180. The first-order chi connectivity index (χ1) is 11.1. The lowest BCUT2D eigenvalue weighted by atomic mass is 10.3. The molecule has 7 nitrogen and oxygen atoms in total. The van der Waals surface area contributed by atoms with E-state index in [1.165, 1.54) is 11.3 Å². The number of ether oxygens (including phenoxy) is 1. The Labute approximate surface area is 138 Å². The summed E-state index contributed by atoms with van der Waals surface area (Å²) in [4.78, 5) is 27.8. The molecule has 0 unspecified atom stereocenters. The van der Waals surface area contributed by atoms with Crippen molar-refractivity contribution in [2.45, 2.75) is 6.92 Å². The summed E-state index contributed by atoms with van der Waals surface area (Å²) in [7, 11) is 0. The predicted octanol–water partition coefficient (Wildman–Crippen LogP) is 2.96. The smallest absolute Gasteiger partial charge is 0.358 e. The zero-order valence-corrected chi connectivity index (χ0v) is 13.6. The van der Waals surface area contributed by atoms with Gasteiger partial charge in [0.1, 0.15) is 5.01 Å². The minimum atomic E-state index is -0.647. The molecule has 0 aromatic carbocycles. The van der Waals surface area contributed by atoms with Crippen LogP contribution in [0.3, 0.4) is 0 Å². The van der Waals surface area contributed by atoms with E-state index in [9.17, 15) is 9.59 Å². The van der Waals surface area contributed by atoms with Gasteiger partial charge in [-0.3, -0.25) is 10.1 Å². The molecule has 0 atom stereocenters. The number of nitrogens with zero attached hydrogens (tertiary/aromatic N) is 2. The molecule has 0 spiro atoms. The molecular weight excluding hydrogens is 338 g/mol. The summed E-state index contributed by atoms with van der Waals surface area (Å²) in [6.45, 7) is 1.30. The lowest BCUT2D eigenvalue weighted by Crippen LogP contribution is -2.20. The van der Waals surface area contributed by atoms with Gasteiger partial charge in [-0.2, -0.15) is 11.3 Å². The quantitative estimate of drug-likeness (QED) is 0.712. The second-order valence-corrected chi connectivity index (χ2v) is 6.14. The third kappa shape index (κ3) is 3.82. The number of thiazole rings is 1. The van der Waals surface area contributed by atoms with Crippen LogP contribution in [0.1, 0.15) is 16.2 Å². The summed E-state index contributed by atoms with van der Waals surface area (Å²) in [6, 6.07) is 3.48. The van der Waals surface area contributed by atoms with Crippen LogP contribution in [0, 0.1) is 6.92 Å². The molecule has 0 aliphatic heterocycles. The number of hydrogen-bond donors (Lipinski definition) is 1. The van der Waals surface area contributed by atoms with Gasteiger partial charge < -0.3 is 9.26 Å². The van der Waals surface area contributed by atoms with Gasteiger partial charge in [-0.1, -0.05) is 5.16 Å². The van der Waals surface area contributed by atoms with Gasteiger partial charge in [-0.05, 0) is 18.4 Å². The van der Waals surface area contributed by atoms with Gasteiger partial charge in [-0.25, -0.2) is 9.78 Å². The number of hydrogen-bond acceptors (Lipinski definition) is 8. The highest BCUT2D eigenvalue weighted by atomic mass is 32.1. The molecule has 0 fully saturated rings. The summed E-state index contributed by atoms with van der Waals surface area (Å²) < 4.78 is 9.77. The van der Waals surface area contributed by atoms with Gasteiger partial charge in [0, 0.05) is 22.4 Å². The van der Waals surface area contributed by atoms with Gasteiger partial charge in [0.2, 0.25) is 5.88 Å². The summed E-state index contributed by atoms with van der Waals surface area (Å²) in [5, 5.41) is 12.3. The molecule has 0 aliphatic carbocycles. The van der Waals surface area contributed by atoms with Crippen LogP contribution in [0.15, 0.2) is 32.8 Å². The molecule has 0 radical (unpaired) electrons. The van der Waals surface area contributed by atoms with Gasteiger partial charge in [0.15, 0.2) is 12.3 Å². The third-order valence-electron chi connectivity index (χ3n) is 2.71. The van der Waals surface area contributed by atoms with E-state index in [0.717, 1.165) is 10.6 Å². The number of anilines is 1. The molecule has 1 N–H and O–H groups in total. The number of rotatable bonds is 5. The van der Waals surface area contributed by atoms with E-state index in [-0.39, 0.29) is 11.6 Å². The maximum absolute atomic E-state index is 11.9. The average Bonchev–Trinajstić information content (AvgIpc) is 3.25. The van der Waals surface area contributed by atoms with Crippen molar-refractivity contribution in [2.75, 3.05) is 11.9 Å². The van der Waals surface area contributed by atoms with Crippen LogP contribution in [0.2, 0.25) is 0 Å². The van der Waals surface area contributed by atoms with Gasteiger partial charge in [0.25, 0.3) is 5.91 Å². The van der Waals surface area contributed by atoms with Crippen molar-refractivity contribution in [3.63, 3.8) is 0 Å². The van der Waals surface area contributed by atoms with Crippen LogP contribution in [-0.4, -0.2) is 28.6 Å². The van der Waals surface area contributed by atoms with E-state index >= 15 is 0 Å². The Hall–Kier alpha value is -2.52. The second kappa shape index (κ2) is 6.71. The second-order valence-electron chi connectivity index (χ2n) is 4.51. The number of amides is 1. The maximum Gasteiger partial charge on any atom is 0.358 e. The third-order valence-corrected chi connectivity index (χ3v) is 4.28. The van der Waals surface area contributed by atoms with Crippen LogP contribution in [0.25, 0.3) is 10.6 Å². The van der Waals surface area contributed by atoms with Crippen molar-refractivity contribution < 1.29 is 18.8 Å². The molecular formula is C14H11N3O4S2. The number of aryl methyl sites for hydroxylation is 1. The number of esters is 1. The zero-order chi connectivity index (χ0) is 16.2. The molecule has 0 saturated heterocycles. The molecule has 0 bridgehead atoms. The van der Waals surface area contributed by atoms with E-state index in [1.807, 2.05) is 16.8 Å².